The second-order valence-corrected chi connectivity index (χ2v) is 6.66. The summed E-state index contributed by atoms with van der Waals surface area (Å²) in [5.74, 6) is 0. The molecule has 0 heterocycles. The summed E-state index contributed by atoms with van der Waals surface area (Å²) in [6.07, 6.45) is 0. The van der Waals surface area contributed by atoms with Crippen molar-refractivity contribution in [2.45, 2.75) is 11.4 Å². The van der Waals surface area contributed by atoms with E-state index in [1.165, 1.54) is 12.1 Å². The maximum Gasteiger partial charge on any atom is 0.242 e. The van der Waals surface area contributed by atoms with Gasteiger partial charge in [0.1, 0.15) is 4.90 Å². The van der Waals surface area contributed by atoms with E-state index in [0.29, 0.717) is 0 Å². The Bertz CT molecular complexity index is 719. The zero-order valence-corrected chi connectivity index (χ0v) is 12.6. The smallest absolute Gasteiger partial charge is 0.242 e. The summed E-state index contributed by atoms with van der Waals surface area (Å²) in [5.41, 5.74) is 6.64. The van der Waals surface area contributed by atoms with E-state index in [-0.39, 0.29) is 27.2 Å². The van der Waals surface area contributed by atoms with Crippen LogP contribution in [-0.2, 0) is 16.6 Å². The van der Waals surface area contributed by atoms with Crippen LogP contribution in [0, 0.1) is 0 Å². The van der Waals surface area contributed by atoms with Gasteiger partial charge in [-0.25, -0.2) is 13.1 Å². The Balaban J connectivity index is 2.25. The first kappa shape index (κ1) is 15.1. The average molecular weight is 331 g/mol. The third-order valence-corrected chi connectivity index (χ3v) is 4.84. The van der Waals surface area contributed by atoms with Crippen molar-refractivity contribution in [1.29, 1.82) is 0 Å². The third kappa shape index (κ3) is 3.43. The summed E-state index contributed by atoms with van der Waals surface area (Å²) in [7, 11) is -3.75. The molecule has 0 unspecified atom stereocenters. The third-order valence-electron chi connectivity index (χ3n) is 2.65. The Kier molecular flexibility index (Phi) is 4.55. The molecular formula is C13H12Cl2N2O2S. The predicted octanol–water partition coefficient (Wildman–Crippen LogP) is 3.05. The highest BCUT2D eigenvalue weighted by molar-refractivity contribution is 7.89. The number of hydrogen-bond donors (Lipinski definition) is 2. The molecule has 7 heteroatoms. The molecule has 20 heavy (non-hydrogen) atoms. The molecular weight excluding hydrogens is 319 g/mol. The number of anilines is 1. The first-order valence-electron chi connectivity index (χ1n) is 5.68. The maximum atomic E-state index is 12.2. The van der Waals surface area contributed by atoms with Crippen molar-refractivity contribution in [2.75, 3.05) is 5.73 Å². The molecule has 0 spiro atoms. The van der Waals surface area contributed by atoms with Gasteiger partial charge in [-0.1, -0.05) is 53.5 Å². The fourth-order valence-corrected chi connectivity index (χ4v) is 3.41. The van der Waals surface area contributed by atoms with Crippen LogP contribution in [0.25, 0.3) is 0 Å². The molecule has 0 saturated carbocycles. The number of hydrogen-bond acceptors (Lipinski definition) is 3. The van der Waals surface area contributed by atoms with Crippen molar-refractivity contribution in [3.05, 3.63) is 58.1 Å². The Hall–Kier alpha value is -1.27. The van der Waals surface area contributed by atoms with Gasteiger partial charge in [-0.3, -0.25) is 0 Å². The molecule has 106 valence electrons. The molecule has 0 aliphatic heterocycles. The molecule has 0 amide bonds. The van der Waals surface area contributed by atoms with Gasteiger partial charge in [-0.15, -0.1) is 0 Å². The predicted molar refractivity (Wildman–Crippen MR) is 81.3 cm³/mol. The standard InChI is InChI=1S/C13H12Cl2N2O2S/c14-10-7-13(11(15)6-12(10)16)20(18,19)17-8-9-4-2-1-3-5-9/h1-7,17H,8,16H2. The Morgan fingerprint density at radius 2 is 1.70 bits per heavy atom. The lowest BCUT2D eigenvalue weighted by molar-refractivity contribution is 0.581. The minimum absolute atomic E-state index is 0.0347. The lowest BCUT2D eigenvalue weighted by Crippen LogP contribution is -2.23. The van der Waals surface area contributed by atoms with Gasteiger partial charge in [0.05, 0.1) is 15.7 Å². The highest BCUT2D eigenvalue weighted by Gasteiger charge is 2.19. The summed E-state index contributed by atoms with van der Waals surface area (Å²) in [6, 6.07) is 11.7. The van der Waals surface area contributed by atoms with Gasteiger partial charge in [0.15, 0.2) is 0 Å². The zero-order chi connectivity index (χ0) is 14.8. The SMILES string of the molecule is Nc1cc(Cl)c(S(=O)(=O)NCc2ccccc2)cc1Cl. The van der Waals surface area contributed by atoms with Crippen molar-refractivity contribution in [3.8, 4) is 0 Å². The summed E-state index contributed by atoms with van der Waals surface area (Å²) >= 11 is 11.7. The number of nitrogen functional groups attached to an aromatic ring is 1. The average Bonchev–Trinajstić information content (AvgIpc) is 2.42. The van der Waals surface area contributed by atoms with E-state index >= 15 is 0 Å². The lowest BCUT2D eigenvalue weighted by atomic mass is 10.2. The highest BCUT2D eigenvalue weighted by atomic mass is 35.5. The second-order valence-electron chi connectivity index (χ2n) is 4.11. The van der Waals surface area contributed by atoms with Gasteiger partial charge in [-0.2, -0.15) is 0 Å². The van der Waals surface area contributed by atoms with E-state index in [1.807, 2.05) is 30.3 Å². The van der Waals surface area contributed by atoms with E-state index < -0.39 is 10.0 Å². The maximum absolute atomic E-state index is 12.2. The molecule has 0 fully saturated rings. The van der Waals surface area contributed by atoms with Crippen LogP contribution in [0.3, 0.4) is 0 Å². The summed E-state index contributed by atoms with van der Waals surface area (Å²) in [5, 5.41) is 0.182. The second kappa shape index (κ2) is 6.01. The van der Waals surface area contributed by atoms with Gasteiger partial charge in [0.25, 0.3) is 0 Å². The van der Waals surface area contributed by atoms with Crippen LogP contribution in [0.2, 0.25) is 10.0 Å². The molecule has 2 rings (SSSR count). The topological polar surface area (TPSA) is 72.2 Å². The van der Waals surface area contributed by atoms with Crippen molar-refractivity contribution < 1.29 is 8.42 Å². The quantitative estimate of drug-likeness (QED) is 0.846. The van der Waals surface area contributed by atoms with Crippen LogP contribution in [0.5, 0.6) is 0 Å². The van der Waals surface area contributed by atoms with Crippen LogP contribution < -0.4 is 10.5 Å². The van der Waals surface area contributed by atoms with Crippen molar-refractivity contribution in [3.63, 3.8) is 0 Å². The number of nitrogens with one attached hydrogen (secondary N) is 1. The number of benzene rings is 2. The zero-order valence-electron chi connectivity index (χ0n) is 10.3. The van der Waals surface area contributed by atoms with Crippen LogP contribution in [0.1, 0.15) is 5.56 Å². The van der Waals surface area contributed by atoms with Crippen molar-refractivity contribution in [1.82, 2.24) is 4.72 Å². The molecule has 0 aromatic heterocycles. The Labute approximate surface area is 127 Å². The largest absolute Gasteiger partial charge is 0.397 e. The van der Waals surface area contributed by atoms with E-state index in [2.05, 4.69) is 4.72 Å². The molecule has 2 aromatic carbocycles. The van der Waals surface area contributed by atoms with Gasteiger partial charge in [0.2, 0.25) is 10.0 Å². The van der Waals surface area contributed by atoms with E-state index in [1.54, 1.807) is 0 Å². The van der Waals surface area contributed by atoms with Crippen LogP contribution in [0.15, 0.2) is 47.4 Å². The normalized spacial score (nSPS) is 11.5. The number of nitrogens with two attached hydrogens (primary N) is 1. The molecule has 0 bridgehead atoms. The minimum atomic E-state index is -3.75. The van der Waals surface area contributed by atoms with Crippen molar-refractivity contribution in [2.24, 2.45) is 0 Å². The molecule has 0 aliphatic carbocycles. The van der Waals surface area contributed by atoms with Gasteiger partial charge in [0, 0.05) is 6.54 Å². The molecule has 0 radical (unpaired) electrons. The van der Waals surface area contributed by atoms with E-state index in [0.717, 1.165) is 5.56 Å². The molecule has 0 saturated heterocycles. The number of sulfonamides is 1. The minimum Gasteiger partial charge on any atom is -0.397 e. The van der Waals surface area contributed by atoms with Crippen LogP contribution in [-0.4, -0.2) is 8.42 Å². The summed E-state index contributed by atoms with van der Waals surface area (Å²) in [6.45, 7) is 0.168. The van der Waals surface area contributed by atoms with Crippen LogP contribution in [0.4, 0.5) is 5.69 Å². The Morgan fingerprint density at radius 3 is 2.35 bits per heavy atom. The molecule has 0 atom stereocenters. The first-order valence-corrected chi connectivity index (χ1v) is 7.92. The number of rotatable bonds is 4. The first-order chi connectivity index (χ1) is 9.40. The lowest BCUT2D eigenvalue weighted by Gasteiger charge is -2.10. The van der Waals surface area contributed by atoms with Gasteiger partial charge >= 0.3 is 0 Å². The monoisotopic (exact) mass is 330 g/mol. The van der Waals surface area contributed by atoms with Gasteiger partial charge in [-0.05, 0) is 17.7 Å². The summed E-state index contributed by atoms with van der Waals surface area (Å²) in [4.78, 5) is -0.0886. The van der Waals surface area contributed by atoms with E-state index in [4.69, 9.17) is 28.9 Å². The number of halogens is 2. The molecule has 0 aliphatic rings. The molecule has 4 nitrogen and oxygen atoms in total. The fourth-order valence-electron chi connectivity index (χ4n) is 1.60. The Morgan fingerprint density at radius 1 is 1.05 bits per heavy atom. The molecule has 3 N–H and O–H groups in total. The van der Waals surface area contributed by atoms with Crippen molar-refractivity contribution >= 4 is 38.9 Å². The highest BCUT2D eigenvalue weighted by Crippen LogP contribution is 2.30. The molecule has 2 aromatic rings. The van der Waals surface area contributed by atoms with Crippen LogP contribution >= 0.6 is 23.2 Å². The van der Waals surface area contributed by atoms with E-state index in [9.17, 15) is 8.42 Å². The summed E-state index contributed by atoms with van der Waals surface area (Å²) < 4.78 is 26.9. The van der Waals surface area contributed by atoms with Gasteiger partial charge < -0.3 is 5.73 Å². The fraction of sp³-hybridized carbons (Fsp3) is 0.0769.